The molecule has 0 bridgehead atoms. The SMILES string of the molecule is c1ccc(-c2ccc(CNc3ccnc(-c4cnc5ccccn45)n3)cc2)cc1. The smallest absolute Gasteiger partial charge is 0.180 e. The Balaban J connectivity index is 1.32. The molecule has 2 aromatic carbocycles. The van der Waals surface area contributed by atoms with Crippen molar-refractivity contribution in [3.8, 4) is 22.6 Å². The molecule has 0 radical (unpaired) electrons. The molecule has 3 heterocycles. The van der Waals surface area contributed by atoms with Gasteiger partial charge >= 0.3 is 0 Å². The quantitative estimate of drug-likeness (QED) is 0.465. The Morgan fingerprint density at radius 2 is 1.55 bits per heavy atom. The number of nitrogens with zero attached hydrogens (tertiary/aromatic N) is 4. The lowest BCUT2D eigenvalue weighted by molar-refractivity contribution is 1.07. The van der Waals surface area contributed by atoms with Gasteiger partial charge in [0.25, 0.3) is 0 Å². The van der Waals surface area contributed by atoms with Crippen molar-refractivity contribution in [2.45, 2.75) is 6.54 Å². The van der Waals surface area contributed by atoms with Gasteiger partial charge in [-0.2, -0.15) is 0 Å². The van der Waals surface area contributed by atoms with E-state index in [0.717, 1.165) is 17.2 Å². The summed E-state index contributed by atoms with van der Waals surface area (Å²) < 4.78 is 1.99. The Bertz CT molecular complexity index is 1240. The van der Waals surface area contributed by atoms with Crippen molar-refractivity contribution >= 4 is 11.5 Å². The molecule has 0 unspecified atom stereocenters. The number of hydrogen-bond donors (Lipinski definition) is 1. The molecule has 0 spiro atoms. The number of benzene rings is 2. The van der Waals surface area contributed by atoms with Crippen molar-refractivity contribution in [1.29, 1.82) is 0 Å². The maximum Gasteiger partial charge on any atom is 0.180 e. The van der Waals surface area contributed by atoms with Crippen LogP contribution in [-0.4, -0.2) is 19.4 Å². The number of fused-ring (bicyclic) bond motifs is 1. The third-order valence-corrected chi connectivity index (χ3v) is 4.84. The number of imidazole rings is 1. The highest BCUT2D eigenvalue weighted by atomic mass is 15.1. The molecule has 3 aromatic heterocycles. The fourth-order valence-corrected chi connectivity index (χ4v) is 3.32. The Morgan fingerprint density at radius 3 is 2.41 bits per heavy atom. The normalized spacial score (nSPS) is 10.9. The predicted molar refractivity (Wildman–Crippen MR) is 115 cm³/mol. The van der Waals surface area contributed by atoms with Gasteiger partial charge in [0.05, 0.1) is 6.20 Å². The highest BCUT2D eigenvalue weighted by Crippen LogP contribution is 2.21. The van der Waals surface area contributed by atoms with Crippen molar-refractivity contribution in [1.82, 2.24) is 19.4 Å². The Hall–Kier alpha value is -3.99. The van der Waals surface area contributed by atoms with Gasteiger partial charge in [0, 0.05) is 18.9 Å². The summed E-state index contributed by atoms with van der Waals surface area (Å²) in [6.07, 6.45) is 5.54. The van der Waals surface area contributed by atoms with Gasteiger partial charge in [-0.3, -0.25) is 4.40 Å². The summed E-state index contributed by atoms with van der Waals surface area (Å²) in [7, 11) is 0. The first-order valence-electron chi connectivity index (χ1n) is 9.50. The van der Waals surface area contributed by atoms with Crippen molar-refractivity contribution in [3.63, 3.8) is 0 Å². The van der Waals surface area contributed by atoms with Crippen LogP contribution >= 0.6 is 0 Å². The fraction of sp³-hybridized carbons (Fsp3) is 0.0417. The minimum atomic E-state index is 0.646. The number of hydrogen-bond acceptors (Lipinski definition) is 4. The Morgan fingerprint density at radius 1 is 0.759 bits per heavy atom. The van der Waals surface area contributed by atoms with E-state index in [2.05, 4.69) is 68.8 Å². The molecule has 0 aliphatic rings. The first-order chi connectivity index (χ1) is 14.4. The van der Waals surface area contributed by atoms with Crippen LogP contribution in [0.25, 0.3) is 28.3 Å². The number of anilines is 1. The minimum absolute atomic E-state index is 0.646. The van der Waals surface area contributed by atoms with Crippen LogP contribution in [0.2, 0.25) is 0 Å². The van der Waals surface area contributed by atoms with E-state index in [1.165, 1.54) is 16.7 Å². The predicted octanol–water partition coefficient (Wildman–Crippen LogP) is 5.07. The summed E-state index contributed by atoms with van der Waals surface area (Å²) >= 11 is 0. The van der Waals surface area contributed by atoms with Crippen molar-refractivity contribution in [2.75, 3.05) is 5.32 Å². The van der Waals surface area contributed by atoms with Crippen LogP contribution in [0.5, 0.6) is 0 Å². The molecule has 0 fully saturated rings. The van der Waals surface area contributed by atoms with Gasteiger partial charge in [-0.1, -0.05) is 60.7 Å². The lowest BCUT2D eigenvalue weighted by Crippen LogP contribution is -2.03. The van der Waals surface area contributed by atoms with Crippen LogP contribution in [0.4, 0.5) is 5.82 Å². The van der Waals surface area contributed by atoms with Crippen LogP contribution in [0.3, 0.4) is 0 Å². The zero-order valence-corrected chi connectivity index (χ0v) is 15.7. The second-order valence-corrected chi connectivity index (χ2v) is 6.75. The number of aromatic nitrogens is 4. The molecule has 5 nitrogen and oxygen atoms in total. The minimum Gasteiger partial charge on any atom is -0.366 e. The van der Waals surface area contributed by atoms with Crippen LogP contribution in [0.1, 0.15) is 5.56 Å². The molecule has 0 aliphatic carbocycles. The van der Waals surface area contributed by atoms with Gasteiger partial charge in [-0.05, 0) is 34.9 Å². The third-order valence-electron chi connectivity index (χ3n) is 4.84. The average molecular weight is 377 g/mol. The van der Waals surface area contributed by atoms with Crippen LogP contribution < -0.4 is 5.32 Å². The molecule has 5 heteroatoms. The van der Waals surface area contributed by atoms with Gasteiger partial charge in [0.2, 0.25) is 0 Å². The standard InChI is InChI=1S/C24H19N5/c1-2-6-19(7-3-1)20-11-9-18(10-12-20)16-26-22-13-14-25-24(28-22)21-17-27-23-8-4-5-15-29(21)23/h1-15,17H,16H2,(H,25,26,28). The summed E-state index contributed by atoms with van der Waals surface area (Å²) in [6.45, 7) is 0.693. The maximum absolute atomic E-state index is 4.66. The first kappa shape index (κ1) is 17.1. The molecular weight excluding hydrogens is 358 g/mol. The maximum atomic E-state index is 4.66. The zero-order chi connectivity index (χ0) is 19.5. The fourth-order valence-electron chi connectivity index (χ4n) is 3.32. The highest BCUT2D eigenvalue weighted by molar-refractivity contribution is 5.63. The number of rotatable bonds is 5. The molecule has 0 saturated heterocycles. The summed E-state index contributed by atoms with van der Waals surface area (Å²) in [5, 5.41) is 3.39. The highest BCUT2D eigenvalue weighted by Gasteiger charge is 2.09. The van der Waals surface area contributed by atoms with Crippen LogP contribution in [0, 0.1) is 0 Å². The lowest BCUT2D eigenvalue weighted by Gasteiger charge is -2.08. The van der Waals surface area contributed by atoms with Gasteiger partial charge < -0.3 is 5.32 Å². The summed E-state index contributed by atoms with van der Waals surface area (Å²) in [5.74, 6) is 1.43. The van der Waals surface area contributed by atoms with Crippen molar-refractivity contribution < 1.29 is 0 Å². The van der Waals surface area contributed by atoms with E-state index in [1.807, 2.05) is 40.9 Å². The molecule has 0 saturated carbocycles. The molecule has 5 rings (SSSR count). The summed E-state index contributed by atoms with van der Waals surface area (Å²) in [4.78, 5) is 13.5. The van der Waals surface area contributed by atoms with E-state index >= 15 is 0 Å². The van der Waals surface area contributed by atoms with Crippen molar-refractivity contribution in [2.24, 2.45) is 0 Å². The second-order valence-electron chi connectivity index (χ2n) is 6.75. The second kappa shape index (κ2) is 7.56. The Labute approximate surface area is 168 Å². The first-order valence-corrected chi connectivity index (χ1v) is 9.50. The molecule has 0 aliphatic heterocycles. The van der Waals surface area contributed by atoms with E-state index in [9.17, 15) is 0 Å². The van der Waals surface area contributed by atoms with Gasteiger partial charge in [-0.15, -0.1) is 0 Å². The van der Waals surface area contributed by atoms with E-state index in [0.29, 0.717) is 12.4 Å². The van der Waals surface area contributed by atoms with Gasteiger partial charge in [0.15, 0.2) is 5.82 Å². The van der Waals surface area contributed by atoms with E-state index < -0.39 is 0 Å². The zero-order valence-electron chi connectivity index (χ0n) is 15.7. The molecule has 0 atom stereocenters. The third kappa shape index (κ3) is 3.58. The largest absolute Gasteiger partial charge is 0.366 e. The number of nitrogens with one attached hydrogen (secondary N) is 1. The molecule has 140 valence electrons. The van der Waals surface area contributed by atoms with Crippen LogP contribution in [0.15, 0.2) is 97.5 Å². The number of pyridine rings is 1. The van der Waals surface area contributed by atoms with Gasteiger partial charge in [0.1, 0.15) is 17.2 Å². The molecule has 0 amide bonds. The topological polar surface area (TPSA) is 55.1 Å². The van der Waals surface area contributed by atoms with E-state index in [4.69, 9.17) is 0 Å². The summed E-state index contributed by atoms with van der Waals surface area (Å²) in [6, 6.07) is 26.7. The summed E-state index contributed by atoms with van der Waals surface area (Å²) in [5.41, 5.74) is 5.38. The van der Waals surface area contributed by atoms with E-state index in [1.54, 1.807) is 12.4 Å². The Kier molecular flexibility index (Phi) is 4.47. The molecule has 29 heavy (non-hydrogen) atoms. The van der Waals surface area contributed by atoms with Gasteiger partial charge in [-0.25, -0.2) is 15.0 Å². The average Bonchev–Trinajstić information content (AvgIpc) is 3.23. The monoisotopic (exact) mass is 377 g/mol. The van der Waals surface area contributed by atoms with Crippen molar-refractivity contribution in [3.05, 3.63) is 103 Å². The lowest BCUT2D eigenvalue weighted by atomic mass is 10.0. The molecular formula is C24H19N5. The molecule has 5 aromatic rings. The van der Waals surface area contributed by atoms with Crippen LogP contribution in [-0.2, 0) is 6.54 Å². The van der Waals surface area contributed by atoms with E-state index in [-0.39, 0.29) is 0 Å². The molecule has 1 N–H and O–H groups in total.